The summed E-state index contributed by atoms with van der Waals surface area (Å²) in [5.74, 6) is 1.30. The van der Waals surface area contributed by atoms with E-state index >= 15 is 0 Å². The first-order valence-corrected chi connectivity index (χ1v) is 11.4. The summed E-state index contributed by atoms with van der Waals surface area (Å²) in [6, 6.07) is 8.38. The Morgan fingerprint density at radius 3 is 2.88 bits per heavy atom. The number of amides is 1. The van der Waals surface area contributed by atoms with E-state index in [4.69, 9.17) is 9.84 Å². The van der Waals surface area contributed by atoms with Crippen molar-refractivity contribution in [1.29, 1.82) is 0 Å². The van der Waals surface area contributed by atoms with Gasteiger partial charge in [-0.25, -0.2) is 9.67 Å². The highest BCUT2D eigenvalue weighted by atomic mass is 16.5. The van der Waals surface area contributed by atoms with E-state index in [9.17, 15) is 4.79 Å². The van der Waals surface area contributed by atoms with Crippen molar-refractivity contribution in [2.45, 2.75) is 52.6 Å². The maximum atomic E-state index is 11.2. The van der Waals surface area contributed by atoms with Crippen molar-refractivity contribution in [2.75, 3.05) is 26.7 Å². The van der Waals surface area contributed by atoms with E-state index < -0.39 is 0 Å². The van der Waals surface area contributed by atoms with E-state index in [1.807, 2.05) is 16.9 Å². The molecule has 0 aliphatic carbocycles. The number of piperidine rings is 1. The van der Waals surface area contributed by atoms with Crippen LogP contribution in [0.15, 0.2) is 30.5 Å². The molecule has 1 fully saturated rings. The second kappa shape index (κ2) is 9.69. The highest BCUT2D eigenvalue weighted by Crippen LogP contribution is 2.32. The topological polar surface area (TPSA) is 72.3 Å². The van der Waals surface area contributed by atoms with Crippen LogP contribution in [-0.4, -0.2) is 52.3 Å². The summed E-state index contributed by atoms with van der Waals surface area (Å²) in [5, 5.41) is 8.94. The Balaban J connectivity index is 1.53. The van der Waals surface area contributed by atoms with E-state index in [1.54, 1.807) is 7.11 Å². The standard InChI is InChI=1S/C25H33N5O2/c1-17-18(2)23(32-4)10-9-20(17)15-29-13-6-7-21(16-29)24-22-8-5-11-27-25(22)30(28-24)14-12-26-19(3)31/h5,8-11,21H,6-7,12-16H2,1-4H3,(H,26,31)/t21-/m1/s1. The number of carbonyl (C=O) groups excluding carboxylic acids is 1. The first-order valence-electron chi connectivity index (χ1n) is 11.4. The molecule has 1 N–H and O–H groups in total. The summed E-state index contributed by atoms with van der Waals surface area (Å²) in [4.78, 5) is 18.4. The van der Waals surface area contributed by atoms with E-state index in [0.717, 1.165) is 55.0 Å². The molecule has 7 nitrogen and oxygen atoms in total. The molecular formula is C25H33N5O2. The molecule has 1 aliphatic heterocycles. The maximum absolute atomic E-state index is 11.2. The fourth-order valence-corrected chi connectivity index (χ4v) is 4.74. The summed E-state index contributed by atoms with van der Waals surface area (Å²) in [5.41, 5.74) is 5.91. The highest BCUT2D eigenvalue weighted by molar-refractivity contribution is 5.79. The number of pyridine rings is 1. The summed E-state index contributed by atoms with van der Waals surface area (Å²) < 4.78 is 7.42. The smallest absolute Gasteiger partial charge is 0.216 e. The Bertz CT molecular complexity index is 1110. The van der Waals surface area contributed by atoms with Gasteiger partial charge in [0.15, 0.2) is 5.65 Å². The lowest BCUT2D eigenvalue weighted by molar-refractivity contribution is -0.118. The van der Waals surface area contributed by atoms with E-state index in [1.165, 1.54) is 23.6 Å². The van der Waals surface area contributed by atoms with Crippen LogP contribution in [-0.2, 0) is 17.9 Å². The summed E-state index contributed by atoms with van der Waals surface area (Å²) in [6.45, 7) is 10.0. The average Bonchev–Trinajstić information content (AvgIpc) is 3.16. The number of rotatable bonds is 7. The van der Waals surface area contributed by atoms with Crippen LogP contribution < -0.4 is 10.1 Å². The number of hydrogen-bond acceptors (Lipinski definition) is 5. The minimum Gasteiger partial charge on any atom is -0.496 e. The number of nitrogens with one attached hydrogen (secondary N) is 1. The highest BCUT2D eigenvalue weighted by Gasteiger charge is 2.26. The van der Waals surface area contributed by atoms with Crippen molar-refractivity contribution in [3.8, 4) is 5.75 Å². The van der Waals surface area contributed by atoms with Crippen molar-refractivity contribution in [1.82, 2.24) is 25.0 Å². The summed E-state index contributed by atoms with van der Waals surface area (Å²) in [6.07, 6.45) is 4.09. The molecule has 0 saturated carbocycles. The van der Waals surface area contributed by atoms with Crippen molar-refractivity contribution in [3.63, 3.8) is 0 Å². The van der Waals surface area contributed by atoms with Gasteiger partial charge in [0.25, 0.3) is 0 Å². The van der Waals surface area contributed by atoms with Gasteiger partial charge >= 0.3 is 0 Å². The van der Waals surface area contributed by atoms with Crippen molar-refractivity contribution < 1.29 is 9.53 Å². The SMILES string of the molecule is COc1ccc(CN2CCC[C@@H](c3nn(CCNC(C)=O)c4ncccc34)C2)c(C)c1C. The number of benzene rings is 1. The lowest BCUT2D eigenvalue weighted by atomic mass is 9.92. The average molecular weight is 436 g/mol. The maximum Gasteiger partial charge on any atom is 0.216 e. The van der Waals surface area contributed by atoms with Crippen LogP contribution in [0.1, 0.15) is 48.1 Å². The number of nitrogens with zero attached hydrogens (tertiary/aromatic N) is 4. The molecule has 3 aromatic rings. The molecule has 0 spiro atoms. The molecule has 2 aromatic heterocycles. The van der Waals surface area contributed by atoms with Gasteiger partial charge in [-0.3, -0.25) is 9.69 Å². The third-order valence-electron chi connectivity index (χ3n) is 6.59. The van der Waals surface area contributed by atoms with Crippen LogP contribution in [0.25, 0.3) is 11.0 Å². The van der Waals surface area contributed by atoms with Crippen LogP contribution in [0.5, 0.6) is 5.75 Å². The fraction of sp³-hybridized carbons (Fsp3) is 0.480. The van der Waals surface area contributed by atoms with E-state index in [-0.39, 0.29) is 5.91 Å². The number of methoxy groups -OCH3 is 1. The summed E-state index contributed by atoms with van der Waals surface area (Å²) in [7, 11) is 1.73. The monoisotopic (exact) mass is 435 g/mol. The molecule has 0 bridgehead atoms. The van der Waals surface area contributed by atoms with Gasteiger partial charge in [0, 0.05) is 44.1 Å². The van der Waals surface area contributed by atoms with Gasteiger partial charge in [-0.15, -0.1) is 0 Å². The van der Waals surface area contributed by atoms with Gasteiger partial charge in [-0.05, 0) is 68.1 Å². The van der Waals surface area contributed by atoms with Gasteiger partial charge in [-0.2, -0.15) is 5.10 Å². The zero-order chi connectivity index (χ0) is 22.7. The van der Waals surface area contributed by atoms with Crippen LogP contribution in [0.4, 0.5) is 0 Å². The largest absolute Gasteiger partial charge is 0.496 e. The third-order valence-corrected chi connectivity index (χ3v) is 6.59. The predicted octanol–water partition coefficient (Wildman–Crippen LogP) is 3.57. The number of likely N-dealkylation sites (tertiary alicyclic amines) is 1. The van der Waals surface area contributed by atoms with Crippen LogP contribution >= 0.6 is 0 Å². The minimum atomic E-state index is -0.0263. The zero-order valence-corrected chi connectivity index (χ0v) is 19.5. The van der Waals surface area contributed by atoms with E-state index in [0.29, 0.717) is 19.0 Å². The lowest BCUT2D eigenvalue weighted by Crippen LogP contribution is -2.34. The Hall–Kier alpha value is -2.93. The van der Waals surface area contributed by atoms with Gasteiger partial charge < -0.3 is 10.1 Å². The van der Waals surface area contributed by atoms with Crippen molar-refractivity contribution >= 4 is 16.9 Å². The molecule has 0 radical (unpaired) electrons. The second-order valence-corrected chi connectivity index (χ2v) is 8.72. The lowest BCUT2D eigenvalue weighted by Gasteiger charge is -2.32. The van der Waals surface area contributed by atoms with E-state index in [2.05, 4.69) is 47.2 Å². The number of hydrogen-bond donors (Lipinski definition) is 1. The molecule has 4 rings (SSSR count). The molecule has 0 unspecified atom stereocenters. The summed E-state index contributed by atoms with van der Waals surface area (Å²) >= 11 is 0. The van der Waals surface area contributed by atoms with Crippen LogP contribution in [0.3, 0.4) is 0 Å². The van der Waals surface area contributed by atoms with Crippen LogP contribution in [0.2, 0.25) is 0 Å². The Labute approximate surface area is 189 Å². The Morgan fingerprint density at radius 2 is 2.09 bits per heavy atom. The second-order valence-electron chi connectivity index (χ2n) is 8.72. The molecular weight excluding hydrogens is 402 g/mol. The van der Waals surface area contributed by atoms with Gasteiger partial charge in [0.05, 0.1) is 19.3 Å². The van der Waals surface area contributed by atoms with Crippen molar-refractivity contribution in [3.05, 3.63) is 52.8 Å². The molecule has 1 aliphatic rings. The first-order chi connectivity index (χ1) is 15.5. The molecule has 7 heteroatoms. The van der Waals surface area contributed by atoms with Gasteiger partial charge in [0.1, 0.15) is 5.75 Å². The minimum absolute atomic E-state index is 0.0263. The quantitative estimate of drug-likeness (QED) is 0.614. The molecule has 1 aromatic carbocycles. The number of fused-ring (bicyclic) bond motifs is 1. The Morgan fingerprint density at radius 1 is 1.25 bits per heavy atom. The van der Waals surface area contributed by atoms with Crippen molar-refractivity contribution in [2.24, 2.45) is 0 Å². The molecule has 3 heterocycles. The molecule has 1 saturated heterocycles. The van der Waals surface area contributed by atoms with Crippen LogP contribution in [0, 0.1) is 13.8 Å². The molecule has 32 heavy (non-hydrogen) atoms. The fourth-order valence-electron chi connectivity index (χ4n) is 4.74. The molecule has 170 valence electrons. The predicted molar refractivity (Wildman–Crippen MR) is 126 cm³/mol. The normalized spacial score (nSPS) is 16.9. The number of carbonyl (C=O) groups is 1. The number of ether oxygens (including phenoxy) is 1. The first kappa shape index (κ1) is 22.3. The van der Waals surface area contributed by atoms with Gasteiger partial charge in [-0.1, -0.05) is 6.07 Å². The zero-order valence-electron chi connectivity index (χ0n) is 19.5. The Kier molecular flexibility index (Phi) is 6.74. The number of aromatic nitrogens is 3. The molecule has 1 atom stereocenters. The third kappa shape index (κ3) is 4.63. The van der Waals surface area contributed by atoms with Gasteiger partial charge in [0.2, 0.25) is 5.91 Å². The molecule has 1 amide bonds.